The van der Waals surface area contributed by atoms with Gasteiger partial charge in [-0.1, -0.05) is 6.07 Å². The van der Waals surface area contributed by atoms with Crippen molar-refractivity contribution in [2.24, 2.45) is 12.8 Å². The average molecular weight is 467 g/mol. The molecule has 2 aliphatic rings. The van der Waals surface area contributed by atoms with Gasteiger partial charge < -0.3 is 5.73 Å². The van der Waals surface area contributed by atoms with Crippen LogP contribution in [0.2, 0.25) is 0 Å². The predicted octanol–water partition coefficient (Wildman–Crippen LogP) is 3.05. The number of hydrogen-bond donors (Lipinski definition) is 2. The fourth-order valence-electron chi connectivity index (χ4n) is 4.79. The Kier molecular flexibility index (Phi) is 4.66. The summed E-state index contributed by atoms with van der Waals surface area (Å²) in [5.74, 6) is 0.180. The lowest BCUT2D eigenvalue weighted by molar-refractivity contribution is -0.119. The third-order valence-electron chi connectivity index (χ3n) is 6.57. The van der Waals surface area contributed by atoms with E-state index in [0.29, 0.717) is 40.8 Å². The second kappa shape index (κ2) is 7.23. The van der Waals surface area contributed by atoms with Gasteiger partial charge in [-0.05, 0) is 54.3 Å². The van der Waals surface area contributed by atoms with Crippen LogP contribution in [0, 0.1) is 5.82 Å². The molecule has 168 valence electrons. The molecular weight excluding hydrogens is 447 g/mol. The molecule has 2 aromatic carbocycles. The molecule has 2 aromatic heterocycles. The summed E-state index contributed by atoms with van der Waals surface area (Å²) in [6.07, 6.45) is 3.10. The summed E-state index contributed by atoms with van der Waals surface area (Å²) in [7, 11) is 1.77. The SMILES string of the molecule is Cl.Cn1ncc(-c2ccc3c(=O)[nH]nc(CN)c3c2)c1N1C(=O)C2(CC2)c2cc(F)ccc21. The minimum atomic E-state index is -0.647. The number of aromatic amines is 1. The fraction of sp³-hybridized carbons (Fsp3) is 0.217. The minimum absolute atomic E-state index is 0. The number of rotatable bonds is 3. The van der Waals surface area contributed by atoms with Crippen molar-refractivity contribution in [2.45, 2.75) is 24.8 Å². The Labute approximate surface area is 193 Å². The molecular formula is C23H20ClFN6O2. The summed E-state index contributed by atoms with van der Waals surface area (Å²) in [6.45, 7) is 0.169. The molecule has 8 nitrogen and oxygen atoms in total. The largest absolute Gasteiger partial charge is 0.325 e. The van der Waals surface area contributed by atoms with Crippen molar-refractivity contribution in [1.29, 1.82) is 0 Å². The summed E-state index contributed by atoms with van der Waals surface area (Å²) in [4.78, 5) is 27.4. The molecule has 3 N–H and O–H groups in total. The van der Waals surface area contributed by atoms with Crippen molar-refractivity contribution in [3.8, 4) is 11.1 Å². The van der Waals surface area contributed by atoms with Crippen molar-refractivity contribution in [1.82, 2.24) is 20.0 Å². The molecule has 33 heavy (non-hydrogen) atoms. The first-order valence-corrected chi connectivity index (χ1v) is 10.3. The van der Waals surface area contributed by atoms with Crippen LogP contribution in [-0.2, 0) is 23.8 Å². The lowest BCUT2D eigenvalue weighted by Crippen LogP contribution is -2.29. The van der Waals surface area contributed by atoms with Gasteiger partial charge >= 0.3 is 0 Å². The topological polar surface area (TPSA) is 110 Å². The van der Waals surface area contributed by atoms with Gasteiger partial charge in [0.25, 0.3) is 5.56 Å². The Morgan fingerprint density at radius 1 is 1.15 bits per heavy atom. The molecule has 1 aliphatic heterocycles. The Morgan fingerprint density at radius 3 is 2.67 bits per heavy atom. The average Bonchev–Trinajstić information content (AvgIpc) is 3.47. The molecule has 1 spiro atoms. The van der Waals surface area contributed by atoms with E-state index in [1.165, 1.54) is 12.1 Å². The molecule has 1 fully saturated rings. The van der Waals surface area contributed by atoms with Gasteiger partial charge in [0, 0.05) is 24.5 Å². The van der Waals surface area contributed by atoms with E-state index in [2.05, 4.69) is 15.3 Å². The van der Waals surface area contributed by atoms with E-state index in [1.54, 1.807) is 35.0 Å². The highest BCUT2D eigenvalue weighted by atomic mass is 35.5. The van der Waals surface area contributed by atoms with E-state index in [4.69, 9.17) is 5.73 Å². The maximum atomic E-state index is 14.0. The molecule has 1 aliphatic carbocycles. The second-order valence-corrected chi connectivity index (χ2v) is 8.35. The highest BCUT2D eigenvalue weighted by molar-refractivity contribution is 6.15. The number of benzene rings is 2. The van der Waals surface area contributed by atoms with Crippen LogP contribution in [-0.4, -0.2) is 25.9 Å². The van der Waals surface area contributed by atoms with Crippen molar-refractivity contribution in [3.63, 3.8) is 0 Å². The molecule has 0 radical (unpaired) electrons. The Morgan fingerprint density at radius 2 is 1.94 bits per heavy atom. The molecule has 1 saturated carbocycles. The van der Waals surface area contributed by atoms with Gasteiger partial charge in [-0.2, -0.15) is 10.2 Å². The first kappa shape index (κ1) is 21.3. The molecule has 0 atom stereocenters. The first-order valence-electron chi connectivity index (χ1n) is 10.3. The molecule has 1 amide bonds. The lowest BCUT2D eigenvalue weighted by Gasteiger charge is -2.20. The van der Waals surface area contributed by atoms with Crippen LogP contribution in [0.4, 0.5) is 15.9 Å². The lowest BCUT2D eigenvalue weighted by atomic mass is 9.98. The number of amides is 1. The van der Waals surface area contributed by atoms with Gasteiger partial charge in [-0.25, -0.2) is 9.49 Å². The van der Waals surface area contributed by atoms with Crippen LogP contribution in [0.3, 0.4) is 0 Å². The van der Waals surface area contributed by atoms with Gasteiger partial charge in [0.2, 0.25) is 5.91 Å². The molecule has 10 heteroatoms. The highest BCUT2D eigenvalue weighted by Crippen LogP contribution is 2.59. The monoisotopic (exact) mass is 466 g/mol. The minimum Gasteiger partial charge on any atom is -0.325 e. The number of halogens is 2. The van der Waals surface area contributed by atoms with Crippen molar-refractivity contribution < 1.29 is 9.18 Å². The van der Waals surface area contributed by atoms with Gasteiger partial charge in [0.1, 0.15) is 11.6 Å². The summed E-state index contributed by atoms with van der Waals surface area (Å²) in [6, 6.07) is 9.88. The number of hydrogen-bond acceptors (Lipinski definition) is 5. The standard InChI is InChI=1S/C23H19FN6O2.ClH/c1-29-21(30-19-5-3-13(24)9-17(19)23(6-7-23)22(30)32)16(11-26-29)12-2-4-14-15(8-12)18(10-25)27-28-20(14)31;/h2-5,8-9,11H,6-7,10,25H2,1H3,(H,28,31);1H. The van der Waals surface area contributed by atoms with E-state index in [0.717, 1.165) is 16.7 Å². The van der Waals surface area contributed by atoms with Gasteiger partial charge in [-0.15, -0.1) is 12.4 Å². The zero-order valence-corrected chi connectivity index (χ0v) is 18.4. The summed E-state index contributed by atoms with van der Waals surface area (Å²) >= 11 is 0. The zero-order valence-electron chi connectivity index (χ0n) is 17.6. The van der Waals surface area contributed by atoms with E-state index < -0.39 is 5.41 Å². The zero-order chi connectivity index (χ0) is 22.2. The van der Waals surface area contributed by atoms with Crippen LogP contribution in [0.25, 0.3) is 21.9 Å². The van der Waals surface area contributed by atoms with Crippen LogP contribution in [0.5, 0.6) is 0 Å². The predicted molar refractivity (Wildman–Crippen MR) is 124 cm³/mol. The van der Waals surface area contributed by atoms with Crippen molar-refractivity contribution >= 4 is 40.6 Å². The van der Waals surface area contributed by atoms with Crippen LogP contribution in [0.1, 0.15) is 24.1 Å². The molecule has 0 unspecified atom stereocenters. The third kappa shape index (κ3) is 2.86. The van der Waals surface area contributed by atoms with E-state index in [-0.39, 0.29) is 36.2 Å². The number of nitrogens with one attached hydrogen (secondary N) is 1. The molecule has 3 heterocycles. The maximum absolute atomic E-state index is 14.0. The molecule has 4 aromatic rings. The number of carbonyl (C=O) groups excluding carboxylic acids is 1. The molecule has 6 rings (SSSR count). The number of carbonyl (C=O) groups is 1. The summed E-state index contributed by atoms with van der Waals surface area (Å²) < 4.78 is 15.7. The normalized spacial score (nSPS) is 15.7. The second-order valence-electron chi connectivity index (χ2n) is 8.35. The number of nitrogens with two attached hydrogens (primary N) is 1. The number of fused-ring (bicyclic) bond motifs is 3. The van der Waals surface area contributed by atoms with E-state index in [9.17, 15) is 14.0 Å². The summed E-state index contributed by atoms with van der Waals surface area (Å²) in [5, 5.41) is 12.1. The van der Waals surface area contributed by atoms with Crippen molar-refractivity contribution in [2.75, 3.05) is 4.90 Å². The molecule has 0 bridgehead atoms. The molecule has 0 saturated heterocycles. The van der Waals surface area contributed by atoms with Gasteiger partial charge in [0.15, 0.2) is 0 Å². The van der Waals surface area contributed by atoms with Crippen LogP contribution >= 0.6 is 12.4 Å². The number of H-pyrrole nitrogens is 1. The third-order valence-corrected chi connectivity index (χ3v) is 6.57. The number of nitrogens with zero attached hydrogens (tertiary/aromatic N) is 4. The number of aromatic nitrogens is 4. The number of aryl methyl sites for hydroxylation is 1. The first-order chi connectivity index (χ1) is 15.4. The van der Waals surface area contributed by atoms with Gasteiger partial charge in [0.05, 0.1) is 28.4 Å². The van der Waals surface area contributed by atoms with Crippen LogP contribution in [0.15, 0.2) is 47.4 Å². The summed E-state index contributed by atoms with van der Waals surface area (Å²) in [5.41, 5.74) is 8.36. The van der Waals surface area contributed by atoms with Gasteiger partial charge in [-0.3, -0.25) is 19.2 Å². The van der Waals surface area contributed by atoms with Crippen molar-refractivity contribution in [3.05, 3.63) is 70.0 Å². The van der Waals surface area contributed by atoms with Crippen LogP contribution < -0.4 is 16.2 Å². The quantitative estimate of drug-likeness (QED) is 0.482. The Hall–Kier alpha value is -3.56. The van der Waals surface area contributed by atoms with E-state index in [1.807, 2.05) is 12.1 Å². The maximum Gasteiger partial charge on any atom is 0.272 e. The Balaban J connectivity index is 0.00000228. The highest BCUT2D eigenvalue weighted by Gasteiger charge is 2.60. The van der Waals surface area contributed by atoms with E-state index >= 15 is 0 Å². The Bertz CT molecular complexity index is 1510. The fourth-order valence-corrected chi connectivity index (χ4v) is 4.79. The smallest absolute Gasteiger partial charge is 0.272 e. The number of anilines is 2.